The molecule has 7 nitrogen and oxygen atoms in total. The van der Waals surface area contributed by atoms with Gasteiger partial charge in [-0.3, -0.25) is 0 Å². The Labute approximate surface area is 131 Å². The van der Waals surface area contributed by atoms with Crippen molar-refractivity contribution in [2.24, 2.45) is 0 Å². The zero-order chi connectivity index (χ0) is 15.4. The molecule has 2 rings (SSSR count). The van der Waals surface area contributed by atoms with E-state index in [-0.39, 0.29) is 6.01 Å². The van der Waals surface area contributed by atoms with Crippen LogP contribution in [0.5, 0.6) is 17.5 Å². The monoisotopic (exact) mass is 353 g/mol. The first-order chi connectivity index (χ1) is 10.0. The average molecular weight is 354 g/mol. The number of nitrogens with one attached hydrogen (secondary N) is 1. The van der Waals surface area contributed by atoms with Crippen LogP contribution in [0.25, 0.3) is 0 Å². The Balaban J connectivity index is 2.32. The largest absolute Gasteiger partial charge is 0.497 e. The van der Waals surface area contributed by atoms with Crippen LogP contribution in [0.1, 0.15) is 0 Å². The molecule has 0 radical (unpaired) electrons. The molecular formula is C13H16BrN5O2. The average Bonchev–Trinajstić information content (AvgIpc) is 2.48. The van der Waals surface area contributed by atoms with E-state index in [1.807, 2.05) is 20.2 Å². The molecule has 1 aromatic carbocycles. The fraction of sp³-hybridized carbons (Fsp3) is 0.308. The van der Waals surface area contributed by atoms with Crippen molar-refractivity contribution < 1.29 is 9.47 Å². The van der Waals surface area contributed by atoms with Gasteiger partial charge in [-0.1, -0.05) is 0 Å². The molecule has 0 saturated carbocycles. The molecule has 0 atom stereocenters. The second-order valence-corrected chi connectivity index (χ2v) is 5.14. The predicted molar refractivity (Wildman–Crippen MR) is 84.5 cm³/mol. The number of hydrogen-bond donors (Lipinski definition) is 1. The van der Waals surface area contributed by atoms with Crippen LogP contribution < -0.4 is 19.7 Å². The smallest absolute Gasteiger partial charge is 0.328 e. The first-order valence-electron chi connectivity index (χ1n) is 6.16. The summed E-state index contributed by atoms with van der Waals surface area (Å²) in [6.45, 7) is 0. The zero-order valence-electron chi connectivity index (χ0n) is 12.2. The van der Waals surface area contributed by atoms with Crippen LogP contribution in [0, 0.1) is 0 Å². The van der Waals surface area contributed by atoms with E-state index in [0.29, 0.717) is 17.6 Å². The first kappa shape index (κ1) is 15.3. The van der Waals surface area contributed by atoms with Crippen LogP contribution in [0.15, 0.2) is 22.7 Å². The maximum absolute atomic E-state index is 5.71. The molecule has 0 bridgehead atoms. The topological polar surface area (TPSA) is 72.4 Å². The van der Waals surface area contributed by atoms with Crippen molar-refractivity contribution in [2.75, 3.05) is 38.5 Å². The van der Waals surface area contributed by atoms with Crippen molar-refractivity contribution in [3.8, 4) is 17.5 Å². The van der Waals surface area contributed by atoms with E-state index in [9.17, 15) is 0 Å². The van der Waals surface area contributed by atoms with Crippen LogP contribution in [-0.4, -0.2) is 43.2 Å². The van der Waals surface area contributed by atoms with E-state index in [1.54, 1.807) is 31.2 Å². The number of nitrogens with zero attached hydrogens (tertiary/aromatic N) is 4. The van der Waals surface area contributed by atoms with Crippen LogP contribution in [0.2, 0.25) is 0 Å². The lowest BCUT2D eigenvalue weighted by atomic mass is 10.3. The van der Waals surface area contributed by atoms with E-state index >= 15 is 0 Å². The zero-order valence-corrected chi connectivity index (χ0v) is 13.8. The summed E-state index contributed by atoms with van der Waals surface area (Å²) in [5.74, 6) is 2.27. The molecule has 0 unspecified atom stereocenters. The minimum atomic E-state index is 0.212. The minimum Gasteiger partial charge on any atom is -0.497 e. The third-order valence-electron chi connectivity index (χ3n) is 2.57. The first-order valence-corrected chi connectivity index (χ1v) is 6.95. The number of hydrogen-bond acceptors (Lipinski definition) is 7. The summed E-state index contributed by atoms with van der Waals surface area (Å²) in [6, 6.07) is 5.60. The lowest BCUT2D eigenvalue weighted by Crippen LogP contribution is -2.15. The quantitative estimate of drug-likeness (QED) is 0.885. The highest BCUT2D eigenvalue weighted by atomic mass is 79.9. The highest BCUT2D eigenvalue weighted by molar-refractivity contribution is 9.10. The Kier molecular flexibility index (Phi) is 4.79. The van der Waals surface area contributed by atoms with E-state index in [1.165, 1.54) is 0 Å². The molecule has 8 heteroatoms. The highest BCUT2D eigenvalue weighted by Crippen LogP contribution is 2.32. The van der Waals surface area contributed by atoms with Gasteiger partial charge in [-0.2, -0.15) is 15.0 Å². The van der Waals surface area contributed by atoms with Crippen LogP contribution in [-0.2, 0) is 0 Å². The molecule has 0 aliphatic rings. The van der Waals surface area contributed by atoms with Gasteiger partial charge in [0.1, 0.15) is 11.5 Å². The third-order valence-corrected chi connectivity index (χ3v) is 3.19. The van der Waals surface area contributed by atoms with Crippen molar-refractivity contribution >= 4 is 27.8 Å². The van der Waals surface area contributed by atoms with Crippen molar-refractivity contribution in [1.29, 1.82) is 0 Å². The molecule has 21 heavy (non-hydrogen) atoms. The Hall–Kier alpha value is -2.09. The fourth-order valence-electron chi connectivity index (χ4n) is 1.49. The standard InChI is InChI=1S/C13H16BrN5O2/c1-15-11-16-12(19(2)3)18-13(17-11)21-10-6-5-8(20-4)7-9(10)14/h5-7H,1-4H3,(H,15,16,17,18). The third kappa shape index (κ3) is 3.72. The molecule has 0 amide bonds. The van der Waals surface area contributed by atoms with E-state index in [0.717, 1.165) is 10.2 Å². The highest BCUT2D eigenvalue weighted by Gasteiger charge is 2.11. The van der Waals surface area contributed by atoms with E-state index in [4.69, 9.17) is 9.47 Å². The van der Waals surface area contributed by atoms with Gasteiger partial charge in [0.2, 0.25) is 11.9 Å². The summed E-state index contributed by atoms with van der Waals surface area (Å²) in [4.78, 5) is 14.4. The molecule has 1 heterocycles. The maximum atomic E-state index is 5.71. The number of benzene rings is 1. The van der Waals surface area contributed by atoms with Crippen molar-refractivity contribution in [1.82, 2.24) is 15.0 Å². The summed E-state index contributed by atoms with van der Waals surface area (Å²) in [6.07, 6.45) is 0. The van der Waals surface area contributed by atoms with Crippen molar-refractivity contribution in [3.63, 3.8) is 0 Å². The van der Waals surface area contributed by atoms with Gasteiger partial charge >= 0.3 is 6.01 Å². The molecule has 2 aromatic rings. The lowest BCUT2D eigenvalue weighted by molar-refractivity contribution is 0.409. The molecule has 112 valence electrons. The normalized spacial score (nSPS) is 10.1. The lowest BCUT2D eigenvalue weighted by Gasteiger charge is -2.13. The molecule has 0 spiro atoms. The molecule has 0 fully saturated rings. The predicted octanol–water partition coefficient (Wildman–Crippen LogP) is 2.54. The Morgan fingerprint density at radius 3 is 2.52 bits per heavy atom. The second kappa shape index (κ2) is 6.57. The number of aromatic nitrogens is 3. The van der Waals surface area contributed by atoms with Crippen LogP contribution in [0.4, 0.5) is 11.9 Å². The van der Waals surface area contributed by atoms with E-state index in [2.05, 4.69) is 36.2 Å². The Morgan fingerprint density at radius 1 is 1.19 bits per heavy atom. The fourth-order valence-corrected chi connectivity index (χ4v) is 1.93. The summed E-state index contributed by atoms with van der Waals surface area (Å²) in [7, 11) is 7.04. The number of halogens is 1. The van der Waals surface area contributed by atoms with Gasteiger partial charge in [0, 0.05) is 21.1 Å². The Bertz CT molecular complexity index is 636. The van der Waals surface area contributed by atoms with Gasteiger partial charge in [0.25, 0.3) is 0 Å². The van der Waals surface area contributed by atoms with Crippen LogP contribution in [0.3, 0.4) is 0 Å². The molecule has 0 aliphatic heterocycles. The number of anilines is 2. The Morgan fingerprint density at radius 2 is 1.95 bits per heavy atom. The molecule has 0 saturated heterocycles. The van der Waals surface area contributed by atoms with Crippen LogP contribution >= 0.6 is 15.9 Å². The molecule has 0 aliphatic carbocycles. The molecule has 1 aromatic heterocycles. The SMILES string of the molecule is CNc1nc(Oc2ccc(OC)cc2Br)nc(N(C)C)n1. The minimum absolute atomic E-state index is 0.212. The number of ether oxygens (including phenoxy) is 2. The van der Waals surface area contributed by atoms with E-state index < -0.39 is 0 Å². The molecule has 1 N–H and O–H groups in total. The second-order valence-electron chi connectivity index (χ2n) is 4.28. The molecular weight excluding hydrogens is 338 g/mol. The summed E-state index contributed by atoms with van der Waals surface area (Å²) >= 11 is 3.43. The van der Waals surface area contributed by atoms with Gasteiger partial charge in [-0.15, -0.1) is 0 Å². The number of rotatable bonds is 5. The van der Waals surface area contributed by atoms with Gasteiger partial charge in [-0.05, 0) is 34.1 Å². The number of methoxy groups -OCH3 is 1. The van der Waals surface area contributed by atoms with Gasteiger partial charge < -0.3 is 19.7 Å². The van der Waals surface area contributed by atoms with Crippen molar-refractivity contribution in [2.45, 2.75) is 0 Å². The van der Waals surface area contributed by atoms with Gasteiger partial charge in [0.05, 0.1) is 11.6 Å². The van der Waals surface area contributed by atoms with Gasteiger partial charge in [0.15, 0.2) is 0 Å². The van der Waals surface area contributed by atoms with Gasteiger partial charge in [-0.25, -0.2) is 0 Å². The summed E-state index contributed by atoms with van der Waals surface area (Å²) < 4.78 is 11.6. The maximum Gasteiger partial charge on any atom is 0.328 e. The summed E-state index contributed by atoms with van der Waals surface area (Å²) in [5, 5.41) is 2.88. The van der Waals surface area contributed by atoms with Crippen molar-refractivity contribution in [3.05, 3.63) is 22.7 Å². The summed E-state index contributed by atoms with van der Waals surface area (Å²) in [5.41, 5.74) is 0.